The largest absolute Gasteiger partial charge is 0.454 e. The van der Waals surface area contributed by atoms with Gasteiger partial charge >= 0.3 is 0 Å². The van der Waals surface area contributed by atoms with Gasteiger partial charge in [-0.15, -0.1) is 23.1 Å². The van der Waals surface area contributed by atoms with Gasteiger partial charge in [0.1, 0.15) is 10.7 Å². The Morgan fingerprint density at radius 2 is 2.14 bits per heavy atom. The van der Waals surface area contributed by atoms with Crippen molar-refractivity contribution in [1.29, 1.82) is 0 Å². The Morgan fingerprint density at radius 3 is 2.96 bits per heavy atom. The summed E-state index contributed by atoms with van der Waals surface area (Å²) in [6, 6.07) is 5.29. The van der Waals surface area contributed by atoms with Gasteiger partial charge in [-0.05, 0) is 38.5 Å². The molecule has 0 unspecified atom stereocenters. The SMILES string of the molecule is Cc1sc2nc(CS[C@@H](C)C(=O)Nc3ccc4c(c3)OCO4)[nH]c(=O)c2c1C. The number of anilines is 1. The molecule has 0 fully saturated rings. The van der Waals surface area contributed by atoms with Crippen molar-refractivity contribution >= 4 is 44.9 Å². The van der Waals surface area contributed by atoms with E-state index in [1.165, 1.54) is 23.1 Å². The fourth-order valence-electron chi connectivity index (χ4n) is 2.87. The molecule has 1 aliphatic heterocycles. The van der Waals surface area contributed by atoms with Gasteiger partial charge in [0.25, 0.3) is 5.56 Å². The summed E-state index contributed by atoms with van der Waals surface area (Å²) in [7, 11) is 0. The third kappa shape index (κ3) is 3.59. The molecule has 146 valence electrons. The number of aromatic amines is 1. The summed E-state index contributed by atoms with van der Waals surface area (Å²) in [6.45, 7) is 5.93. The zero-order valence-corrected chi connectivity index (χ0v) is 17.3. The van der Waals surface area contributed by atoms with Crippen LogP contribution in [0.1, 0.15) is 23.2 Å². The number of hydrogen-bond donors (Lipinski definition) is 2. The fraction of sp³-hybridized carbons (Fsp3) is 0.316. The first-order valence-electron chi connectivity index (χ1n) is 8.73. The highest BCUT2D eigenvalue weighted by Crippen LogP contribution is 2.34. The molecule has 7 nitrogen and oxygen atoms in total. The van der Waals surface area contributed by atoms with Gasteiger partial charge in [-0.25, -0.2) is 4.98 Å². The van der Waals surface area contributed by atoms with E-state index in [4.69, 9.17) is 9.47 Å². The molecule has 0 bridgehead atoms. The van der Waals surface area contributed by atoms with Crippen molar-refractivity contribution in [2.75, 3.05) is 12.1 Å². The van der Waals surface area contributed by atoms with E-state index in [0.717, 1.165) is 15.3 Å². The third-order valence-corrected chi connectivity index (χ3v) is 6.82. The normalized spacial score (nSPS) is 13.7. The molecule has 0 aliphatic carbocycles. The molecule has 28 heavy (non-hydrogen) atoms. The lowest BCUT2D eigenvalue weighted by Gasteiger charge is -2.12. The third-order valence-electron chi connectivity index (χ3n) is 4.57. The van der Waals surface area contributed by atoms with Gasteiger partial charge in [-0.1, -0.05) is 0 Å². The zero-order valence-electron chi connectivity index (χ0n) is 15.6. The van der Waals surface area contributed by atoms with Crippen LogP contribution in [0.25, 0.3) is 10.2 Å². The second kappa shape index (κ2) is 7.48. The maximum absolute atomic E-state index is 12.5. The van der Waals surface area contributed by atoms with Crippen molar-refractivity contribution in [3.05, 3.63) is 44.8 Å². The highest BCUT2D eigenvalue weighted by atomic mass is 32.2. The first-order chi connectivity index (χ1) is 13.4. The van der Waals surface area contributed by atoms with Gasteiger partial charge < -0.3 is 19.8 Å². The summed E-state index contributed by atoms with van der Waals surface area (Å²) >= 11 is 2.93. The number of ether oxygens (including phenoxy) is 2. The number of fused-ring (bicyclic) bond motifs is 2. The van der Waals surface area contributed by atoms with Gasteiger partial charge in [0.05, 0.1) is 16.4 Å². The lowest BCUT2D eigenvalue weighted by Crippen LogP contribution is -2.23. The number of carbonyl (C=O) groups is 1. The molecular weight excluding hydrogens is 398 g/mol. The van der Waals surface area contributed by atoms with Gasteiger partial charge in [-0.2, -0.15) is 0 Å². The smallest absolute Gasteiger partial charge is 0.259 e. The van der Waals surface area contributed by atoms with Gasteiger partial charge in [0.15, 0.2) is 11.5 Å². The monoisotopic (exact) mass is 417 g/mol. The molecule has 2 N–H and O–H groups in total. The molecule has 1 amide bonds. The van der Waals surface area contributed by atoms with Crippen LogP contribution in [0.5, 0.6) is 11.5 Å². The lowest BCUT2D eigenvalue weighted by molar-refractivity contribution is -0.115. The molecule has 3 heterocycles. The van der Waals surface area contributed by atoms with Crippen LogP contribution in [0.15, 0.2) is 23.0 Å². The van der Waals surface area contributed by atoms with Crippen molar-refractivity contribution in [3.63, 3.8) is 0 Å². The van der Waals surface area contributed by atoms with Crippen molar-refractivity contribution in [2.45, 2.75) is 31.8 Å². The van der Waals surface area contributed by atoms with E-state index in [0.29, 0.717) is 34.1 Å². The number of thiophene rings is 1. The number of H-pyrrole nitrogens is 1. The van der Waals surface area contributed by atoms with Crippen LogP contribution in [0.2, 0.25) is 0 Å². The fourth-order valence-corrected chi connectivity index (χ4v) is 4.67. The zero-order chi connectivity index (χ0) is 19.8. The number of aromatic nitrogens is 2. The Labute approximate surface area is 169 Å². The molecule has 0 saturated carbocycles. The molecular formula is C19H19N3O4S2. The number of rotatable bonds is 5. The number of benzene rings is 1. The van der Waals surface area contributed by atoms with E-state index in [2.05, 4.69) is 15.3 Å². The maximum Gasteiger partial charge on any atom is 0.259 e. The summed E-state index contributed by atoms with van der Waals surface area (Å²) in [4.78, 5) is 34.0. The number of hydrogen-bond acceptors (Lipinski definition) is 7. The second-order valence-corrected chi connectivity index (χ2v) is 9.02. The van der Waals surface area contributed by atoms with Crippen LogP contribution in [0, 0.1) is 13.8 Å². The average Bonchev–Trinajstić information content (AvgIpc) is 3.23. The Kier molecular flexibility index (Phi) is 5.03. The van der Waals surface area contributed by atoms with Crippen LogP contribution in [0.4, 0.5) is 5.69 Å². The van der Waals surface area contributed by atoms with Crippen LogP contribution in [-0.2, 0) is 10.5 Å². The van der Waals surface area contributed by atoms with Crippen LogP contribution in [0.3, 0.4) is 0 Å². The molecule has 2 aromatic heterocycles. The van der Waals surface area contributed by atoms with E-state index in [1.54, 1.807) is 18.2 Å². The number of carbonyl (C=O) groups excluding carboxylic acids is 1. The summed E-state index contributed by atoms with van der Waals surface area (Å²) in [5.41, 5.74) is 1.50. The molecule has 9 heteroatoms. The molecule has 3 aromatic rings. The minimum Gasteiger partial charge on any atom is -0.454 e. The van der Waals surface area contributed by atoms with Crippen LogP contribution in [-0.4, -0.2) is 27.9 Å². The highest BCUT2D eigenvalue weighted by Gasteiger charge is 2.18. The topological polar surface area (TPSA) is 93.3 Å². The van der Waals surface area contributed by atoms with Crippen LogP contribution < -0.4 is 20.3 Å². The van der Waals surface area contributed by atoms with Crippen molar-refractivity contribution in [3.8, 4) is 11.5 Å². The Bertz CT molecular complexity index is 1120. The molecule has 1 atom stereocenters. The minimum atomic E-state index is -0.321. The van der Waals surface area contributed by atoms with Gasteiger partial charge in [0, 0.05) is 16.6 Å². The first kappa shape index (κ1) is 18.8. The number of nitrogens with zero attached hydrogens (tertiary/aromatic N) is 1. The Hall–Kier alpha value is -2.52. The molecule has 1 aliphatic rings. The summed E-state index contributed by atoms with van der Waals surface area (Å²) in [6.07, 6.45) is 0. The van der Waals surface area contributed by atoms with E-state index >= 15 is 0 Å². The van der Waals surface area contributed by atoms with E-state index in [9.17, 15) is 9.59 Å². The number of thioether (sulfide) groups is 1. The van der Waals surface area contributed by atoms with Gasteiger partial charge in [-0.3, -0.25) is 9.59 Å². The molecule has 0 saturated heterocycles. The lowest BCUT2D eigenvalue weighted by atomic mass is 10.2. The Morgan fingerprint density at radius 1 is 1.36 bits per heavy atom. The van der Waals surface area contributed by atoms with Crippen molar-refractivity contribution < 1.29 is 14.3 Å². The molecule has 4 rings (SSSR count). The predicted octanol–water partition coefficient (Wildman–Crippen LogP) is 3.59. The average molecular weight is 418 g/mol. The molecule has 0 spiro atoms. The summed E-state index contributed by atoms with van der Waals surface area (Å²) < 4.78 is 10.6. The van der Waals surface area contributed by atoms with Crippen molar-refractivity contribution in [2.24, 2.45) is 0 Å². The van der Waals surface area contributed by atoms with Gasteiger partial charge in [0.2, 0.25) is 12.7 Å². The summed E-state index contributed by atoms with van der Waals surface area (Å²) in [5.74, 6) is 2.18. The van der Waals surface area contributed by atoms with E-state index in [1.807, 2.05) is 20.8 Å². The number of aryl methyl sites for hydroxylation is 2. The highest BCUT2D eigenvalue weighted by molar-refractivity contribution is 7.99. The molecule has 1 aromatic carbocycles. The molecule has 0 radical (unpaired) electrons. The standard InChI is InChI=1S/C19H19N3O4S2/c1-9-10(2)28-19-16(9)18(24)21-15(22-19)7-27-11(3)17(23)20-12-4-5-13-14(6-12)26-8-25-13/h4-6,11H,7-8H2,1-3H3,(H,20,23)(H,21,22,24)/t11-/m0/s1. The minimum absolute atomic E-state index is 0.125. The van der Waals surface area contributed by atoms with E-state index < -0.39 is 0 Å². The number of amides is 1. The van der Waals surface area contributed by atoms with Crippen LogP contribution >= 0.6 is 23.1 Å². The maximum atomic E-state index is 12.5. The van der Waals surface area contributed by atoms with E-state index in [-0.39, 0.29) is 23.5 Å². The quantitative estimate of drug-likeness (QED) is 0.659. The second-order valence-electron chi connectivity index (χ2n) is 6.49. The summed E-state index contributed by atoms with van der Waals surface area (Å²) in [5, 5.41) is 3.21. The first-order valence-corrected chi connectivity index (χ1v) is 10.6. The van der Waals surface area contributed by atoms with Crippen molar-refractivity contribution in [1.82, 2.24) is 9.97 Å². The number of nitrogens with one attached hydrogen (secondary N) is 2. The Balaban J connectivity index is 1.41. The predicted molar refractivity (Wildman–Crippen MR) is 112 cm³/mol.